The van der Waals surface area contributed by atoms with Crippen LogP contribution in [-0.2, 0) is 33.6 Å². The van der Waals surface area contributed by atoms with Gasteiger partial charge < -0.3 is 30.6 Å². The zero-order valence-electron chi connectivity index (χ0n) is 20.0. The molecule has 2 rings (SSSR count). The Morgan fingerprint density at radius 3 is 2.26 bits per heavy atom. The number of carboxylic acid groups (broad SMARTS) is 2. The highest BCUT2D eigenvalue weighted by molar-refractivity contribution is 6.27. The molecule has 0 fully saturated rings. The van der Waals surface area contributed by atoms with Gasteiger partial charge in [0.15, 0.2) is 0 Å². The maximum atomic E-state index is 12.6. The van der Waals surface area contributed by atoms with E-state index in [9.17, 15) is 15.0 Å². The number of aliphatic hydroxyl groups excluding tert-OH is 1. The lowest BCUT2D eigenvalue weighted by Gasteiger charge is -2.32. The Labute approximate surface area is 200 Å². The number of rotatable bonds is 11. The quantitative estimate of drug-likeness (QED) is 0.186. The predicted octanol–water partition coefficient (Wildman–Crippen LogP) is 2.42. The number of unbranched alkanes of at least 4 members (excludes halogenated alkanes) is 1. The fourth-order valence-corrected chi connectivity index (χ4v) is 3.63. The summed E-state index contributed by atoms with van der Waals surface area (Å²) in [6.45, 7) is 13.1. The van der Waals surface area contributed by atoms with Crippen LogP contribution < -0.4 is 10.2 Å². The number of benzene rings is 1. The topological polar surface area (TPSA) is 147 Å². The molecule has 0 spiro atoms. The van der Waals surface area contributed by atoms with Crippen molar-refractivity contribution in [3.8, 4) is 5.75 Å². The standard InChI is InChI=1S/C23H34N2O3.C2H2O4/c1-5-9-17-15-20-18(19(10-6-2)22(17)28)11-12-21(27)25(20)14-8-7-13-24-23(3,4)16-26;3-1(4)2(5)6/h5-6,15,24,26,28H,1-2,7-14,16H2,3-4H3;(H,3,4)(H,5,6). The molecule has 0 aromatic heterocycles. The average Bonchev–Trinajstić information content (AvgIpc) is 2.78. The highest BCUT2D eigenvalue weighted by Gasteiger charge is 2.28. The summed E-state index contributed by atoms with van der Waals surface area (Å²) in [4.78, 5) is 32.7. The van der Waals surface area contributed by atoms with Gasteiger partial charge in [0.2, 0.25) is 5.91 Å². The molecule has 0 saturated heterocycles. The van der Waals surface area contributed by atoms with E-state index in [1.54, 1.807) is 12.2 Å². The number of anilines is 1. The van der Waals surface area contributed by atoms with Crippen LogP contribution in [0.4, 0.5) is 5.69 Å². The molecular formula is C25H36N2O7. The van der Waals surface area contributed by atoms with Gasteiger partial charge in [0, 0.05) is 29.8 Å². The third-order valence-corrected chi connectivity index (χ3v) is 5.46. The van der Waals surface area contributed by atoms with Crippen LogP contribution in [0.2, 0.25) is 0 Å². The zero-order chi connectivity index (χ0) is 25.9. The van der Waals surface area contributed by atoms with Crippen molar-refractivity contribution < 1.29 is 34.8 Å². The summed E-state index contributed by atoms with van der Waals surface area (Å²) in [7, 11) is 0. The first-order valence-corrected chi connectivity index (χ1v) is 11.2. The second-order valence-electron chi connectivity index (χ2n) is 8.68. The zero-order valence-corrected chi connectivity index (χ0v) is 20.0. The van der Waals surface area contributed by atoms with Gasteiger partial charge in [-0.2, -0.15) is 0 Å². The Kier molecular flexibility index (Phi) is 11.5. The fraction of sp³-hybridized carbons (Fsp3) is 0.480. The van der Waals surface area contributed by atoms with Crippen molar-refractivity contribution in [3.63, 3.8) is 0 Å². The number of hydrogen-bond donors (Lipinski definition) is 5. The Morgan fingerprint density at radius 1 is 1.12 bits per heavy atom. The van der Waals surface area contributed by atoms with E-state index in [0.717, 1.165) is 41.8 Å². The lowest BCUT2D eigenvalue weighted by molar-refractivity contribution is -0.159. The van der Waals surface area contributed by atoms with Gasteiger partial charge in [-0.05, 0) is 69.7 Å². The number of carbonyl (C=O) groups excluding carboxylic acids is 1. The highest BCUT2D eigenvalue weighted by atomic mass is 16.4. The number of nitrogens with one attached hydrogen (secondary N) is 1. The molecule has 5 N–H and O–H groups in total. The van der Waals surface area contributed by atoms with Gasteiger partial charge in [-0.1, -0.05) is 12.2 Å². The van der Waals surface area contributed by atoms with Crippen molar-refractivity contribution in [1.82, 2.24) is 5.32 Å². The van der Waals surface area contributed by atoms with Gasteiger partial charge in [0.05, 0.1) is 6.61 Å². The second-order valence-corrected chi connectivity index (χ2v) is 8.68. The molecule has 0 aliphatic carbocycles. The Bertz CT molecular complexity index is 897. The van der Waals surface area contributed by atoms with Gasteiger partial charge in [0.1, 0.15) is 5.75 Å². The molecule has 1 amide bonds. The molecule has 1 heterocycles. The van der Waals surface area contributed by atoms with Crippen molar-refractivity contribution in [1.29, 1.82) is 0 Å². The van der Waals surface area contributed by atoms with Crippen LogP contribution in [0, 0.1) is 0 Å². The predicted molar refractivity (Wildman–Crippen MR) is 130 cm³/mol. The summed E-state index contributed by atoms with van der Waals surface area (Å²) in [5.41, 5.74) is 3.38. The van der Waals surface area contributed by atoms with E-state index in [2.05, 4.69) is 18.5 Å². The van der Waals surface area contributed by atoms with E-state index in [-0.39, 0.29) is 18.1 Å². The van der Waals surface area contributed by atoms with E-state index >= 15 is 0 Å². The number of aliphatic carboxylic acids is 2. The van der Waals surface area contributed by atoms with Gasteiger partial charge >= 0.3 is 11.9 Å². The first-order valence-electron chi connectivity index (χ1n) is 11.2. The van der Waals surface area contributed by atoms with E-state index in [4.69, 9.17) is 19.8 Å². The molecule has 0 atom stereocenters. The molecule has 9 nitrogen and oxygen atoms in total. The fourth-order valence-electron chi connectivity index (χ4n) is 3.63. The minimum absolute atomic E-state index is 0.0899. The van der Waals surface area contributed by atoms with Crippen molar-refractivity contribution in [3.05, 3.63) is 48.1 Å². The van der Waals surface area contributed by atoms with Gasteiger partial charge in [0.25, 0.3) is 0 Å². The number of nitrogens with zero attached hydrogens (tertiary/aromatic N) is 1. The van der Waals surface area contributed by atoms with Gasteiger partial charge in [-0.3, -0.25) is 4.79 Å². The molecular weight excluding hydrogens is 440 g/mol. The smallest absolute Gasteiger partial charge is 0.414 e. The summed E-state index contributed by atoms with van der Waals surface area (Å²) in [6.07, 6.45) is 7.61. The first-order chi connectivity index (χ1) is 16.0. The third kappa shape index (κ3) is 8.31. The lowest BCUT2D eigenvalue weighted by atomic mass is 9.90. The summed E-state index contributed by atoms with van der Waals surface area (Å²) in [5, 5.41) is 38.1. The number of hydrogen-bond acceptors (Lipinski definition) is 6. The maximum absolute atomic E-state index is 12.6. The number of amides is 1. The van der Waals surface area contributed by atoms with Crippen LogP contribution >= 0.6 is 0 Å². The Hall–Kier alpha value is -3.17. The summed E-state index contributed by atoms with van der Waals surface area (Å²) >= 11 is 0. The van der Waals surface area contributed by atoms with Crippen molar-refractivity contribution in [2.24, 2.45) is 0 Å². The maximum Gasteiger partial charge on any atom is 0.414 e. The van der Waals surface area contributed by atoms with E-state index in [1.165, 1.54) is 0 Å². The summed E-state index contributed by atoms with van der Waals surface area (Å²) < 4.78 is 0. The molecule has 188 valence electrons. The van der Waals surface area contributed by atoms with Crippen LogP contribution in [0.5, 0.6) is 5.75 Å². The summed E-state index contributed by atoms with van der Waals surface area (Å²) in [6, 6.07) is 1.95. The minimum Gasteiger partial charge on any atom is -0.507 e. The monoisotopic (exact) mass is 476 g/mol. The number of phenols is 1. The van der Waals surface area contributed by atoms with Gasteiger partial charge in [-0.25, -0.2) is 9.59 Å². The number of aromatic hydroxyl groups is 1. The number of aliphatic hydroxyl groups is 1. The van der Waals surface area contributed by atoms with E-state index < -0.39 is 11.9 Å². The number of fused-ring (bicyclic) bond motifs is 1. The van der Waals surface area contributed by atoms with Crippen LogP contribution in [-0.4, -0.2) is 63.5 Å². The number of allylic oxidation sites excluding steroid dienone is 2. The Morgan fingerprint density at radius 2 is 1.74 bits per heavy atom. The molecule has 1 aliphatic rings. The summed E-state index contributed by atoms with van der Waals surface area (Å²) in [5.74, 6) is -3.20. The molecule has 0 saturated carbocycles. The normalized spacial score (nSPS) is 12.9. The SMILES string of the molecule is C=CCc1cc2c(c(CC=C)c1O)CCC(=O)N2CCCCNC(C)(C)CO.O=C(O)C(=O)O. The molecule has 34 heavy (non-hydrogen) atoms. The average molecular weight is 477 g/mol. The molecule has 0 radical (unpaired) electrons. The highest BCUT2D eigenvalue weighted by Crippen LogP contribution is 2.39. The third-order valence-electron chi connectivity index (χ3n) is 5.46. The Balaban J connectivity index is 0.000000852. The number of carboxylic acids is 2. The van der Waals surface area contributed by atoms with Crippen molar-refractivity contribution in [2.75, 3.05) is 24.6 Å². The van der Waals surface area contributed by atoms with Crippen molar-refractivity contribution in [2.45, 2.75) is 57.9 Å². The van der Waals surface area contributed by atoms with Crippen molar-refractivity contribution >= 4 is 23.5 Å². The van der Waals surface area contributed by atoms with E-state index in [1.807, 2.05) is 24.8 Å². The molecule has 0 bridgehead atoms. The van der Waals surface area contributed by atoms with Gasteiger partial charge in [-0.15, -0.1) is 13.2 Å². The molecule has 1 aromatic rings. The van der Waals surface area contributed by atoms with Crippen LogP contribution in [0.1, 0.15) is 49.8 Å². The molecule has 0 unspecified atom stereocenters. The molecule has 9 heteroatoms. The largest absolute Gasteiger partial charge is 0.507 e. The molecule has 1 aromatic carbocycles. The number of carbonyl (C=O) groups is 3. The number of phenolic OH excluding ortho intramolecular Hbond substituents is 1. The van der Waals surface area contributed by atoms with Crippen LogP contribution in [0.25, 0.3) is 0 Å². The lowest BCUT2D eigenvalue weighted by Crippen LogP contribution is -2.43. The van der Waals surface area contributed by atoms with Crippen LogP contribution in [0.3, 0.4) is 0 Å². The van der Waals surface area contributed by atoms with Crippen LogP contribution in [0.15, 0.2) is 31.4 Å². The minimum atomic E-state index is -1.82. The first kappa shape index (κ1) is 28.9. The second kappa shape index (κ2) is 13.5. The molecule has 1 aliphatic heterocycles. The van der Waals surface area contributed by atoms with E-state index in [0.29, 0.717) is 38.0 Å².